The molecule has 0 aliphatic carbocycles. The van der Waals surface area contributed by atoms with Gasteiger partial charge in [-0.3, -0.25) is 0 Å². The predicted molar refractivity (Wildman–Crippen MR) is 67.7 cm³/mol. The highest BCUT2D eigenvalue weighted by Gasteiger charge is 2.24. The number of nitrogens with two attached hydrogens (primary N) is 1. The van der Waals surface area contributed by atoms with Crippen molar-refractivity contribution in [3.8, 4) is 0 Å². The van der Waals surface area contributed by atoms with E-state index < -0.39 is 0 Å². The Kier molecular flexibility index (Phi) is 3.67. The Labute approximate surface area is 97.2 Å². The van der Waals surface area contributed by atoms with Crippen molar-refractivity contribution in [1.82, 2.24) is 0 Å². The van der Waals surface area contributed by atoms with Crippen LogP contribution in [0.1, 0.15) is 19.8 Å². The molecule has 1 fully saturated rings. The molecule has 0 aromatic heterocycles. The maximum atomic E-state index is 5.70. The molecule has 0 spiro atoms. The number of benzene rings is 1. The maximum Gasteiger partial charge on any atom is 0.0669 e. The third-order valence-electron chi connectivity index (χ3n) is 3.12. The molecule has 88 valence electrons. The van der Waals surface area contributed by atoms with E-state index in [4.69, 9.17) is 10.5 Å². The quantitative estimate of drug-likeness (QED) is 0.791. The van der Waals surface area contributed by atoms with Crippen molar-refractivity contribution < 1.29 is 4.74 Å². The molecule has 1 unspecified atom stereocenters. The Balaban J connectivity index is 2.04. The van der Waals surface area contributed by atoms with Crippen molar-refractivity contribution >= 4 is 11.4 Å². The van der Waals surface area contributed by atoms with E-state index in [9.17, 15) is 0 Å². The Morgan fingerprint density at radius 3 is 2.81 bits per heavy atom. The van der Waals surface area contributed by atoms with E-state index in [2.05, 4.69) is 17.0 Å². The summed E-state index contributed by atoms with van der Waals surface area (Å²) in [5.74, 6) is 0. The first-order chi connectivity index (χ1) is 7.81. The lowest BCUT2D eigenvalue weighted by molar-refractivity contribution is 0.134. The van der Waals surface area contributed by atoms with E-state index in [-0.39, 0.29) is 0 Å². The van der Waals surface area contributed by atoms with Gasteiger partial charge in [0.05, 0.1) is 12.6 Å². The molecule has 16 heavy (non-hydrogen) atoms. The molecule has 3 nitrogen and oxygen atoms in total. The number of anilines is 2. The largest absolute Gasteiger partial charge is 0.399 e. The van der Waals surface area contributed by atoms with Crippen molar-refractivity contribution in [1.29, 1.82) is 0 Å². The molecule has 2 N–H and O–H groups in total. The third-order valence-corrected chi connectivity index (χ3v) is 3.12. The van der Waals surface area contributed by atoms with Gasteiger partial charge in [-0.05, 0) is 44.0 Å². The first-order valence-electron chi connectivity index (χ1n) is 6.01. The van der Waals surface area contributed by atoms with Gasteiger partial charge in [0, 0.05) is 24.5 Å². The number of nitrogen functional groups attached to an aromatic ring is 1. The number of hydrogen-bond donors (Lipinski definition) is 1. The van der Waals surface area contributed by atoms with E-state index >= 15 is 0 Å². The van der Waals surface area contributed by atoms with E-state index in [1.54, 1.807) is 0 Å². The first-order valence-corrected chi connectivity index (χ1v) is 6.01. The highest BCUT2D eigenvalue weighted by atomic mass is 16.5. The second-order valence-electron chi connectivity index (χ2n) is 4.24. The zero-order valence-electron chi connectivity index (χ0n) is 9.86. The summed E-state index contributed by atoms with van der Waals surface area (Å²) in [6.45, 7) is 4.80. The molecule has 3 heteroatoms. The van der Waals surface area contributed by atoms with Gasteiger partial charge < -0.3 is 15.4 Å². The van der Waals surface area contributed by atoms with Gasteiger partial charge in [-0.25, -0.2) is 0 Å². The van der Waals surface area contributed by atoms with Crippen LogP contribution < -0.4 is 10.6 Å². The van der Waals surface area contributed by atoms with Crippen LogP contribution in [0.25, 0.3) is 0 Å². The minimum Gasteiger partial charge on any atom is -0.399 e. The van der Waals surface area contributed by atoms with Gasteiger partial charge in [0.1, 0.15) is 0 Å². The zero-order valence-corrected chi connectivity index (χ0v) is 9.86. The van der Waals surface area contributed by atoms with Crippen LogP contribution >= 0.6 is 0 Å². The van der Waals surface area contributed by atoms with Crippen molar-refractivity contribution in [3.05, 3.63) is 24.3 Å². The Morgan fingerprint density at radius 1 is 1.38 bits per heavy atom. The lowest BCUT2D eigenvalue weighted by atomic mass is 10.2. The Morgan fingerprint density at radius 2 is 2.12 bits per heavy atom. The summed E-state index contributed by atoms with van der Waals surface area (Å²) in [4.78, 5) is 2.43. The minimum atomic E-state index is 0.531. The molecule has 0 saturated carbocycles. The molecule has 1 aromatic carbocycles. The zero-order chi connectivity index (χ0) is 11.4. The number of rotatable bonds is 4. The smallest absolute Gasteiger partial charge is 0.0669 e. The lowest BCUT2D eigenvalue weighted by Gasteiger charge is -2.26. The van der Waals surface area contributed by atoms with Crippen LogP contribution in [0.4, 0.5) is 11.4 Å². The molecule has 0 amide bonds. The van der Waals surface area contributed by atoms with Crippen molar-refractivity contribution in [3.63, 3.8) is 0 Å². The average molecular weight is 220 g/mol. The van der Waals surface area contributed by atoms with Crippen LogP contribution in [0.2, 0.25) is 0 Å². The molecular weight excluding hydrogens is 200 g/mol. The van der Waals surface area contributed by atoms with Gasteiger partial charge in [-0.1, -0.05) is 0 Å². The van der Waals surface area contributed by atoms with Crippen LogP contribution in [-0.2, 0) is 4.74 Å². The van der Waals surface area contributed by atoms with E-state index in [1.807, 2.05) is 19.1 Å². The topological polar surface area (TPSA) is 38.5 Å². The molecule has 1 aliphatic rings. The van der Waals surface area contributed by atoms with Gasteiger partial charge in [-0.2, -0.15) is 0 Å². The molecule has 1 aromatic rings. The minimum absolute atomic E-state index is 0.531. The van der Waals surface area contributed by atoms with Crippen molar-refractivity contribution in [2.24, 2.45) is 0 Å². The molecule has 1 saturated heterocycles. The van der Waals surface area contributed by atoms with Crippen LogP contribution in [0.5, 0.6) is 0 Å². The first kappa shape index (κ1) is 11.3. The van der Waals surface area contributed by atoms with Gasteiger partial charge in [-0.15, -0.1) is 0 Å². The summed E-state index contributed by atoms with van der Waals surface area (Å²) in [7, 11) is 0. The summed E-state index contributed by atoms with van der Waals surface area (Å²) in [5, 5.41) is 0. The van der Waals surface area contributed by atoms with Crippen LogP contribution in [-0.4, -0.2) is 25.8 Å². The fourth-order valence-corrected chi connectivity index (χ4v) is 2.27. The summed E-state index contributed by atoms with van der Waals surface area (Å²) in [6, 6.07) is 8.65. The number of ether oxygens (including phenoxy) is 1. The summed E-state index contributed by atoms with van der Waals surface area (Å²) >= 11 is 0. The highest BCUT2D eigenvalue weighted by Crippen LogP contribution is 2.26. The molecule has 0 bridgehead atoms. The van der Waals surface area contributed by atoms with Crippen LogP contribution in [0, 0.1) is 0 Å². The highest BCUT2D eigenvalue weighted by molar-refractivity contribution is 5.54. The molecular formula is C13H20N2O. The fraction of sp³-hybridized carbons (Fsp3) is 0.538. The summed E-state index contributed by atoms with van der Waals surface area (Å²) < 4.78 is 5.53. The fourth-order valence-electron chi connectivity index (χ4n) is 2.27. The molecule has 2 rings (SSSR count). The molecule has 1 heterocycles. The second-order valence-corrected chi connectivity index (χ2v) is 4.24. The summed E-state index contributed by atoms with van der Waals surface area (Å²) in [6.07, 6.45) is 2.48. The SMILES string of the molecule is CCOCC1CCCN1c1ccc(N)cc1. The molecule has 1 atom stereocenters. The second kappa shape index (κ2) is 5.21. The normalized spacial score (nSPS) is 20.3. The van der Waals surface area contributed by atoms with E-state index in [0.717, 1.165) is 25.4 Å². The standard InChI is InChI=1S/C13H20N2O/c1-2-16-10-13-4-3-9-15(13)12-7-5-11(14)6-8-12/h5-8,13H,2-4,9-10,14H2,1H3. The van der Waals surface area contributed by atoms with Gasteiger partial charge >= 0.3 is 0 Å². The molecule has 0 radical (unpaired) electrons. The number of hydrogen-bond acceptors (Lipinski definition) is 3. The average Bonchev–Trinajstić information content (AvgIpc) is 2.75. The molecule has 1 aliphatic heterocycles. The predicted octanol–water partition coefficient (Wildman–Crippen LogP) is 2.27. The van der Waals surface area contributed by atoms with Gasteiger partial charge in [0.2, 0.25) is 0 Å². The Bertz CT molecular complexity index is 323. The van der Waals surface area contributed by atoms with Gasteiger partial charge in [0.15, 0.2) is 0 Å². The van der Waals surface area contributed by atoms with Crippen molar-refractivity contribution in [2.75, 3.05) is 30.4 Å². The maximum absolute atomic E-state index is 5.70. The van der Waals surface area contributed by atoms with E-state index in [0.29, 0.717) is 6.04 Å². The van der Waals surface area contributed by atoms with Gasteiger partial charge in [0.25, 0.3) is 0 Å². The third kappa shape index (κ3) is 2.47. The number of nitrogens with zero attached hydrogens (tertiary/aromatic N) is 1. The monoisotopic (exact) mass is 220 g/mol. The Hall–Kier alpha value is -1.22. The summed E-state index contributed by atoms with van der Waals surface area (Å²) in [5.41, 5.74) is 7.78. The lowest BCUT2D eigenvalue weighted by Crippen LogP contribution is -2.33. The van der Waals surface area contributed by atoms with Crippen molar-refractivity contribution in [2.45, 2.75) is 25.8 Å². The van der Waals surface area contributed by atoms with Crippen LogP contribution in [0.3, 0.4) is 0 Å². The van der Waals surface area contributed by atoms with Crippen LogP contribution in [0.15, 0.2) is 24.3 Å². The van der Waals surface area contributed by atoms with E-state index in [1.165, 1.54) is 18.5 Å².